The van der Waals surface area contributed by atoms with E-state index in [1.54, 1.807) is 0 Å². The highest BCUT2D eigenvalue weighted by molar-refractivity contribution is 5.83. The standard InChI is InChI=1S/C47H37N3O2/c1-47(44-20-8-6-18-42(44)43-19-7-9-21-45(43)47)36-29-37(50-25-24-49(2)32-50)31-41(30-36)52-40-17-11-13-35(27-40)46-28-34(22-23-48-46)33-12-10-16-39(26-33)51-38-14-4-3-5-15-38/h3-31H,32H2,1-2H3. The molecule has 7 aromatic rings. The summed E-state index contributed by atoms with van der Waals surface area (Å²) < 4.78 is 12.9. The molecule has 252 valence electrons. The van der Waals surface area contributed by atoms with E-state index < -0.39 is 0 Å². The summed E-state index contributed by atoms with van der Waals surface area (Å²) in [4.78, 5) is 9.19. The highest BCUT2D eigenvalue weighted by atomic mass is 16.5. The van der Waals surface area contributed by atoms with Crippen molar-refractivity contribution in [3.05, 3.63) is 193 Å². The summed E-state index contributed by atoms with van der Waals surface area (Å²) in [5.41, 5.74) is 11.0. The Morgan fingerprint density at radius 2 is 1.15 bits per heavy atom. The zero-order valence-corrected chi connectivity index (χ0v) is 29.1. The SMILES string of the molecule is CN1C=CN(c2cc(Oc3cccc(-c4cc(-c5cccc(Oc6ccccc6)c5)ccn4)c3)cc(C3(C)c4ccccc4-c4ccccc43)c2)C1. The fourth-order valence-corrected chi connectivity index (χ4v) is 7.54. The Morgan fingerprint density at radius 1 is 0.538 bits per heavy atom. The van der Waals surface area contributed by atoms with Gasteiger partial charge in [0.25, 0.3) is 0 Å². The predicted molar refractivity (Wildman–Crippen MR) is 210 cm³/mol. The Bertz CT molecular complexity index is 2410. The van der Waals surface area contributed by atoms with Gasteiger partial charge in [-0.15, -0.1) is 0 Å². The van der Waals surface area contributed by atoms with Gasteiger partial charge in [-0.3, -0.25) is 4.98 Å². The number of rotatable bonds is 8. The van der Waals surface area contributed by atoms with Crippen LogP contribution in [0.25, 0.3) is 33.5 Å². The highest BCUT2D eigenvalue weighted by Gasteiger charge is 2.41. The lowest BCUT2D eigenvalue weighted by Gasteiger charge is -2.30. The Balaban J connectivity index is 1.06. The van der Waals surface area contributed by atoms with Gasteiger partial charge in [0.15, 0.2) is 0 Å². The molecule has 2 aliphatic rings. The number of fused-ring (bicyclic) bond motifs is 3. The third-order valence-electron chi connectivity index (χ3n) is 10.2. The zero-order valence-electron chi connectivity index (χ0n) is 29.1. The molecule has 6 aromatic carbocycles. The van der Waals surface area contributed by atoms with Gasteiger partial charge in [0, 0.05) is 48.4 Å². The molecule has 0 saturated carbocycles. The molecule has 0 amide bonds. The molecule has 0 fully saturated rings. The first kappa shape index (κ1) is 31.4. The van der Waals surface area contributed by atoms with Gasteiger partial charge < -0.3 is 19.3 Å². The van der Waals surface area contributed by atoms with Crippen molar-refractivity contribution in [3.8, 4) is 56.5 Å². The van der Waals surface area contributed by atoms with E-state index in [1.165, 1.54) is 27.8 Å². The van der Waals surface area contributed by atoms with Crippen LogP contribution in [0.3, 0.4) is 0 Å². The van der Waals surface area contributed by atoms with Gasteiger partial charge in [0.05, 0.1) is 12.4 Å². The minimum atomic E-state index is -0.355. The van der Waals surface area contributed by atoms with Crippen LogP contribution >= 0.6 is 0 Å². The van der Waals surface area contributed by atoms with Crippen LogP contribution in [-0.2, 0) is 5.41 Å². The molecule has 0 saturated heterocycles. The number of para-hydroxylation sites is 1. The maximum absolute atomic E-state index is 6.77. The van der Waals surface area contributed by atoms with Gasteiger partial charge in [-0.2, -0.15) is 0 Å². The normalized spacial score (nSPS) is 13.9. The van der Waals surface area contributed by atoms with Crippen molar-refractivity contribution in [2.45, 2.75) is 12.3 Å². The van der Waals surface area contributed by atoms with E-state index in [1.807, 2.05) is 66.9 Å². The second kappa shape index (κ2) is 12.9. The summed E-state index contributed by atoms with van der Waals surface area (Å²) in [5, 5.41) is 0. The van der Waals surface area contributed by atoms with E-state index in [2.05, 4.69) is 133 Å². The van der Waals surface area contributed by atoms with Crippen molar-refractivity contribution in [3.63, 3.8) is 0 Å². The average molecular weight is 676 g/mol. The fraction of sp³-hybridized carbons (Fsp3) is 0.0851. The first-order valence-corrected chi connectivity index (χ1v) is 17.6. The lowest BCUT2D eigenvalue weighted by molar-refractivity contribution is 0.479. The molecule has 52 heavy (non-hydrogen) atoms. The molecule has 0 bridgehead atoms. The molecule has 9 rings (SSSR count). The number of ether oxygens (including phenoxy) is 2. The maximum Gasteiger partial charge on any atom is 0.129 e. The Kier molecular flexibility index (Phi) is 7.81. The Labute approximate surface area is 304 Å². The quantitative estimate of drug-likeness (QED) is 0.160. The summed E-state index contributed by atoms with van der Waals surface area (Å²) in [6, 6.07) is 54.5. The van der Waals surface area contributed by atoms with Crippen LogP contribution in [-0.4, -0.2) is 23.6 Å². The number of hydrogen-bond acceptors (Lipinski definition) is 5. The van der Waals surface area contributed by atoms with Gasteiger partial charge in [-0.05, 0) is 107 Å². The Hall–Kier alpha value is -6.59. The molecule has 5 nitrogen and oxygen atoms in total. The number of pyridine rings is 1. The molecule has 0 N–H and O–H groups in total. The van der Waals surface area contributed by atoms with Crippen LogP contribution in [0.1, 0.15) is 23.6 Å². The van der Waals surface area contributed by atoms with Crippen LogP contribution in [0.5, 0.6) is 23.0 Å². The molecular weight excluding hydrogens is 639 g/mol. The summed E-state index contributed by atoms with van der Waals surface area (Å²) in [6.07, 6.45) is 6.09. The molecule has 5 heteroatoms. The summed E-state index contributed by atoms with van der Waals surface area (Å²) >= 11 is 0. The summed E-state index contributed by atoms with van der Waals surface area (Å²) in [5.74, 6) is 3.12. The fourth-order valence-electron chi connectivity index (χ4n) is 7.54. The van der Waals surface area contributed by atoms with E-state index in [9.17, 15) is 0 Å². The summed E-state index contributed by atoms with van der Waals surface area (Å²) in [6.45, 7) is 3.11. The van der Waals surface area contributed by atoms with Crippen molar-refractivity contribution >= 4 is 5.69 Å². The van der Waals surface area contributed by atoms with Crippen LogP contribution < -0.4 is 14.4 Å². The lowest BCUT2D eigenvalue weighted by Crippen LogP contribution is -2.25. The molecule has 0 spiro atoms. The maximum atomic E-state index is 6.77. The van der Waals surface area contributed by atoms with Crippen molar-refractivity contribution in [2.75, 3.05) is 18.6 Å². The van der Waals surface area contributed by atoms with Crippen LogP contribution in [0, 0.1) is 0 Å². The minimum Gasteiger partial charge on any atom is -0.457 e. The topological polar surface area (TPSA) is 37.8 Å². The van der Waals surface area contributed by atoms with Crippen LogP contribution in [0.15, 0.2) is 176 Å². The largest absolute Gasteiger partial charge is 0.457 e. The molecule has 1 aromatic heterocycles. The smallest absolute Gasteiger partial charge is 0.129 e. The van der Waals surface area contributed by atoms with E-state index in [0.717, 1.165) is 57.7 Å². The molecule has 0 unspecified atom stereocenters. The molecule has 1 aliphatic heterocycles. The zero-order chi connectivity index (χ0) is 35.1. The first-order valence-electron chi connectivity index (χ1n) is 17.6. The van der Waals surface area contributed by atoms with Gasteiger partial charge in [-0.25, -0.2) is 0 Å². The first-order chi connectivity index (χ1) is 25.5. The highest BCUT2D eigenvalue weighted by Crippen LogP contribution is 2.53. The van der Waals surface area contributed by atoms with Crippen molar-refractivity contribution < 1.29 is 9.47 Å². The second-order valence-electron chi connectivity index (χ2n) is 13.6. The number of benzene rings is 6. The van der Waals surface area contributed by atoms with E-state index in [4.69, 9.17) is 14.5 Å². The molecule has 2 heterocycles. The molecular formula is C47H37N3O2. The monoisotopic (exact) mass is 675 g/mol. The van der Waals surface area contributed by atoms with E-state index in [0.29, 0.717) is 0 Å². The molecule has 1 aliphatic carbocycles. The number of hydrogen-bond donors (Lipinski definition) is 0. The van der Waals surface area contributed by atoms with E-state index >= 15 is 0 Å². The van der Waals surface area contributed by atoms with Crippen molar-refractivity contribution in [2.24, 2.45) is 0 Å². The lowest BCUT2D eigenvalue weighted by atomic mass is 9.74. The Morgan fingerprint density at radius 3 is 1.87 bits per heavy atom. The molecule has 0 radical (unpaired) electrons. The number of anilines is 1. The van der Waals surface area contributed by atoms with Gasteiger partial charge in [0.2, 0.25) is 0 Å². The van der Waals surface area contributed by atoms with Crippen LogP contribution in [0.2, 0.25) is 0 Å². The summed E-state index contributed by atoms with van der Waals surface area (Å²) in [7, 11) is 2.09. The van der Waals surface area contributed by atoms with Crippen molar-refractivity contribution in [1.82, 2.24) is 9.88 Å². The number of nitrogens with zero attached hydrogens (tertiary/aromatic N) is 3. The van der Waals surface area contributed by atoms with Crippen LogP contribution in [0.4, 0.5) is 5.69 Å². The predicted octanol–water partition coefficient (Wildman–Crippen LogP) is 11.5. The van der Waals surface area contributed by atoms with E-state index in [-0.39, 0.29) is 5.41 Å². The van der Waals surface area contributed by atoms with Gasteiger partial charge >= 0.3 is 0 Å². The number of aromatic nitrogens is 1. The third kappa shape index (κ3) is 5.76. The average Bonchev–Trinajstić information content (AvgIpc) is 3.75. The second-order valence-corrected chi connectivity index (χ2v) is 13.6. The van der Waals surface area contributed by atoms with Gasteiger partial charge in [-0.1, -0.05) is 91.0 Å². The van der Waals surface area contributed by atoms with Crippen molar-refractivity contribution in [1.29, 1.82) is 0 Å². The van der Waals surface area contributed by atoms with Gasteiger partial charge in [0.1, 0.15) is 23.0 Å². The minimum absolute atomic E-state index is 0.355. The third-order valence-corrected chi connectivity index (χ3v) is 10.2. The molecule has 0 atom stereocenters.